The van der Waals surface area contributed by atoms with E-state index in [1.807, 2.05) is 25.3 Å². The maximum absolute atomic E-state index is 11.1. The van der Waals surface area contributed by atoms with Crippen molar-refractivity contribution in [2.75, 3.05) is 0 Å². The first-order valence-corrected chi connectivity index (χ1v) is 7.06. The van der Waals surface area contributed by atoms with Gasteiger partial charge in [0.2, 0.25) is 0 Å². The van der Waals surface area contributed by atoms with E-state index in [2.05, 4.69) is 28.2 Å². The topological polar surface area (TPSA) is 68.9 Å². The van der Waals surface area contributed by atoms with Crippen LogP contribution in [0.3, 0.4) is 0 Å². The molecule has 4 heteroatoms. The number of benzene rings is 2. The van der Waals surface area contributed by atoms with Crippen LogP contribution < -0.4 is 0 Å². The van der Waals surface area contributed by atoms with E-state index in [9.17, 15) is 4.79 Å². The Kier molecular flexibility index (Phi) is 2.60. The Bertz CT molecular complexity index is 1020. The van der Waals surface area contributed by atoms with Gasteiger partial charge in [-0.1, -0.05) is 18.2 Å². The molecule has 22 heavy (non-hydrogen) atoms. The van der Waals surface area contributed by atoms with Crippen molar-refractivity contribution < 1.29 is 9.90 Å². The van der Waals surface area contributed by atoms with Crippen LogP contribution in [0.1, 0.15) is 16.1 Å². The third-order valence-corrected chi connectivity index (χ3v) is 4.08. The van der Waals surface area contributed by atoms with Gasteiger partial charge in [0.05, 0.1) is 5.56 Å². The predicted octanol–water partition coefficient (Wildman–Crippen LogP) is 4.32. The smallest absolute Gasteiger partial charge is 0.335 e. The predicted molar refractivity (Wildman–Crippen MR) is 87.3 cm³/mol. The summed E-state index contributed by atoms with van der Waals surface area (Å²) in [5.74, 6) is -0.913. The first-order chi connectivity index (χ1) is 10.6. The molecule has 2 aromatic carbocycles. The number of carboxylic acids is 1. The van der Waals surface area contributed by atoms with Gasteiger partial charge >= 0.3 is 5.97 Å². The highest BCUT2D eigenvalue weighted by Gasteiger charge is 2.13. The van der Waals surface area contributed by atoms with Gasteiger partial charge in [-0.15, -0.1) is 0 Å². The first-order valence-electron chi connectivity index (χ1n) is 7.06. The standard InChI is InChI=1S/C18H14N2O2/c1-10-17(12-3-2-11-6-7-19-15(11)8-12)14-5-4-13(18(21)22)9-16(14)20-10/h2-9,19-20H,1H3,(H,21,22). The van der Waals surface area contributed by atoms with Crippen LogP contribution in [0.5, 0.6) is 0 Å². The molecule has 0 amide bonds. The minimum atomic E-state index is -0.913. The Labute approximate surface area is 126 Å². The Balaban J connectivity index is 1.97. The van der Waals surface area contributed by atoms with Crippen molar-refractivity contribution in [3.8, 4) is 11.1 Å². The molecule has 2 aromatic heterocycles. The average molecular weight is 290 g/mol. The van der Waals surface area contributed by atoms with Crippen LogP contribution in [0.25, 0.3) is 32.9 Å². The average Bonchev–Trinajstić information content (AvgIpc) is 3.08. The molecule has 0 radical (unpaired) electrons. The SMILES string of the molecule is Cc1[nH]c2cc(C(=O)O)ccc2c1-c1ccc2cc[nH]c2c1. The maximum Gasteiger partial charge on any atom is 0.335 e. The lowest BCUT2D eigenvalue weighted by Gasteiger charge is -2.03. The third kappa shape index (κ3) is 1.81. The van der Waals surface area contributed by atoms with Gasteiger partial charge in [-0.3, -0.25) is 0 Å². The van der Waals surface area contributed by atoms with Crippen molar-refractivity contribution in [1.82, 2.24) is 9.97 Å². The molecule has 4 aromatic rings. The van der Waals surface area contributed by atoms with E-state index < -0.39 is 5.97 Å². The van der Waals surface area contributed by atoms with E-state index in [0.29, 0.717) is 5.56 Å². The lowest BCUT2D eigenvalue weighted by atomic mass is 10.0. The van der Waals surface area contributed by atoms with Crippen LogP contribution >= 0.6 is 0 Å². The van der Waals surface area contributed by atoms with Crippen LogP contribution in [0.2, 0.25) is 0 Å². The molecule has 0 fully saturated rings. The molecule has 0 unspecified atom stereocenters. The van der Waals surface area contributed by atoms with E-state index >= 15 is 0 Å². The van der Waals surface area contributed by atoms with E-state index in [1.54, 1.807) is 12.1 Å². The third-order valence-electron chi connectivity index (χ3n) is 4.08. The summed E-state index contributed by atoms with van der Waals surface area (Å²) in [5, 5.41) is 11.3. The lowest BCUT2D eigenvalue weighted by Crippen LogP contribution is -1.94. The van der Waals surface area contributed by atoms with E-state index in [-0.39, 0.29) is 0 Å². The van der Waals surface area contributed by atoms with Crippen molar-refractivity contribution in [3.63, 3.8) is 0 Å². The summed E-state index contributed by atoms with van der Waals surface area (Å²) >= 11 is 0. The number of carboxylic acid groups (broad SMARTS) is 1. The number of fused-ring (bicyclic) bond motifs is 2. The molecular formula is C18H14N2O2. The van der Waals surface area contributed by atoms with Gasteiger partial charge in [-0.05, 0) is 42.1 Å². The molecule has 0 aliphatic heterocycles. The number of aromatic amines is 2. The lowest BCUT2D eigenvalue weighted by molar-refractivity contribution is 0.0697. The number of rotatable bonds is 2. The van der Waals surface area contributed by atoms with Crippen molar-refractivity contribution in [2.45, 2.75) is 6.92 Å². The van der Waals surface area contributed by atoms with Crippen molar-refractivity contribution >= 4 is 27.8 Å². The minimum Gasteiger partial charge on any atom is -0.478 e. The number of aryl methyl sites for hydroxylation is 1. The summed E-state index contributed by atoms with van der Waals surface area (Å²) in [6.07, 6.45) is 1.93. The fraction of sp³-hybridized carbons (Fsp3) is 0.0556. The number of hydrogen-bond acceptors (Lipinski definition) is 1. The molecule has 0 spiro atoms. The van der Waals surface area contributed by atoms with Crippen LogP contribution in [-0.2, 0) is 0 Å². The van der Waals surface area contributed by atoms with Crippen molar-refractivity contribution in [1.29, 1.82) is 0 Å². The summed E-state index contributed by atoms with van der Waals surface area (Å²) in [6, 6.07) is 13.5. The van der Waals surface area contributed by atoms with Gasteiger partial charge in [0.25, 0.3) is 0 Å². The minimum absolute atomic E-state index is 0.292. The van der Waals surface area contributed by atoms with E-state index in [4.69, 9.17) is 5.11 Å². The summed E-state index contributed by atoms with van der Waals surface area (Å²) in [4.78, 5) is 17.6. The second-order valence-electron chi connectivity index (χ2n) is 5.47. The van der Waals surface area contributed by atoms with Crippen molar-refractivity contribution in [2.24, 2.45) is 0 Å². The molecule has 0 saturated heterocycles. The Morgan fingerprint density at radius 2 is 1.91 bits per heavy atom. The Morgan fingerprint density at radius 1 is 1.05 bits per heavy atom. The summed E-state index contributed by atoms with van der Waals surface area (Å²) < 4.78 is 0. The van der Waals surface area contributed by atoms with Gasteiger partial charge in [0, 0.05) is 33.9 Å². The number of aromatic carboxylic acids is 1. The molecule has 2 heterocycles. The molecule has 0 saturated carbocycles. The first kappa shape index (κ1) is 12.7. The summed E-state index contributed by atoms with van der Waals surface area (Å²) in [7, 11) is 0. The number of H-pyrrole nitrogens is 2. The van der Waals surface area contributed by atoms with Crippen LogP contribution in [0.4, 0.5) is 0 Å². The van der Waals surface area contributed by atoms with Gasteiger partial charge in [-0.2, -0.15) is 0 Å². The van der Waals surface area contributed by atoms with Crippen LogP contribution in [0.15, 0.2) is 48.7 Å². The molecule has 4 rings (SSSR count). The molecule has 0 aliphatic carbocycles. The maximum atomic E-state index is 11.1. The molecule has 0 atom stereocenters. The number of carbonyl (C=O) groups is 1. The quantitative estimate of drug-likeness (QED) is 0.514. The molecule has 3 N–H and O–H groups in total. The molecule has 0 aliphatic rings. The monoisotopic (exact) mass is 290 g/mol. The zero-order valence-corrected chi connectivity index (χ0v) is 12.0. The zero-order valence-electron chi connectivity index (χ0n) is 12.0. The highest BCUT2D eigenvalue weighted by Crippen LogP contribution is 2.34. The van der Waals surface area contributed by atoms with Gasteiger partial charge < -0.3 is 15.1 Å². The second kappa shape index (κ2) is 4.49. The van der Waals surface area contributed by atoms with Crippen molar-refractivity contribution in [3.05, 3.63) is 59.9 Å². The van der Waals surface area contributed by atoms with Gasteiger partial charge in [-0.25, -0.2) is 4.79 Å². The fourth-order valence-electron chi connectivity index (χ4n) is 3.04. The van der Waals surface area contributed by atoms with Crippen LogP contribution in [0, 0.1) is 6.92 Å². The number of hydrogen-bond donors (Lipinski definition) is 3. The molecule has 108 valence electrons. The van der Waals surface area contributed by atoms with Gasteiger partial charge in [0.1, 0.15) is 0 Å². The van der Waals surface area contributed by atoms with Gasteiger partial charge in [0.15, 0.2) is 0 Å². The van der Waals surface area contributed by atoms with E-state index in [0.717, 1.165) is 33.2 Å². The molecule has 0 bridgehead atoms. The normalized spacial score (nSPS) is 11.3. The van der Waals surface area contributed by atoms with E-state index in [1.165, 1.54) is 5.39 Å². The Hall–Kier alpha value is -3.01. The number of aromatic nitrogens is 2. The second-order valence-corrected chi connectivity index (χ2v) is 5.47. The molecule has 4 nitrogen and oxygen atoms in total. The largest absolute Gasteiger partial charge is 0.478 e. The fourth-order valence-corrected chi connectivity index (χ4v) is 3.04. The highest BCUT2D eigenvalue weighted by molar-refractivity contribution is 6.02. The van der Waals surface area contributed by atoms with Crippen LogP contribution in [-0.4, -0.2) is 21.0 Å². The summed E-state index contributed by atoms with van der Waals surface area (Å²) in [6.45, 7) is 2.01. The Morgan fingerprint density at radius 3 is 2.73 bits per heavy atom. The number of nitrogens with one attached hydrogen (secondary N) is 2. The summed E-state index contributed by atoms with van der Waals surface area (Å²) in [5.41, 5.74) is 5.49. The highest BCUT2D eigenvalue weighted by atomic mass is 16.4. The zero-order chi connectivity index (χ0) is 15.3. The molecular weight excluding hydrogens is 276 g/mol.